The van der Waals surface area contributed by atoms with Crippen LogP contribution in [0.5, 0.6) is 0 Å². The van der Waals surface area contributed by atoms with Crippen molar-refractivity contribution in [2.24, 2.45) is 27.6 Å². The van der Waals surface area contributed by atoms with E-state index in [0.717, 1.165) is 89.5 Å². The fourth-order valence-corrected chi connectivity index (χ4v) is 11.6. The summed E-state index contributed by atoms with van der Waals surface area (Å²) in [5.74, 6) is -1.06. The number of piperazine rings is 1. The van der Waals surface area contributed by atoms with Crippen molar-refractivity contribution in [2.45, 2.75) is 181 Å². The smallest absolute Gasteiger partial charge is 0.267 e. The number of amides is 4. The maximum atomic E-state index is 15.3. The van der Waals surface area contributed by atoms with Gasteiger partial charge in [0.1, 0.15) is 23.8 Å². The number of fused-ring (bicyclic) bond motifs is 1. The van der Waals surface area contributed by atoms with Crippen molar-refractivity contribution in [2.75, 3.05) is 33.2 Å². The average molecular weight is 793 g/mol. The zero-order valence-corrected chi connectivity index (χ0v) is 36.8. The zero-order valence-electron chi connectivity index (χ0n) is 36.8. The van der Waals surface area contributed by atoms with Crippen LogP contribution in [0.3, 0.4) is 0 Å². The van der Waals surface area contributed by atoms with E-state index in [-0.39, 0.29) is 57.7 Å². The number of nitrogens with zero attached hydrogens (tertiary/aromatic N) is 3. The molecule has 4 aliphatic carbocycles. The molecule has 12 heteroatoms. The standard InChI is InChI=1S/C45H76N8O4/c1-11-16-32(35(46)39(55)48-31-19-20-31)49-38(54)33-25-45(43(8,9)44(45)21-15-22-44)27-53(33)41(57)37(42(5,6)7)50-40(56)36(30-17-13-12-14-18-30)47-29(4)34-26-51(10)23-24-52(34)28(2)3/h28,30-34,36-37,46-47H,4,11-27H2,1-3,5-10H3,(H,48,55)(H,49,54)(H,50,56)/t32-,33-,34-,36?,37+,45+/m0/s1. The van der Waals surface area contributed by atoms with Gasteiger partial charge in [-0.15, -0.1) is 0 Å². The van der Waals surface area contributed by atoms with Gasteiger partial charge in [-0.1, -0.05) is 80.2 Å². The Morgan fingerprint density at radius 2 is 1.56 bits per heavy atom. The maximum Gasteiger partial charge on any atom is 0.267 e. The van der Waals surface area contributed by atoms with E-state index in [0.29, 0.717) is 31.8 Å². The Bertz CT molecular complexity index is 1560. The van der Waals surface area contributed by atoms with Gasteiger partial charge in [0.2, 0.25) is 17.7 Å². The molecule has 2 heterocycles. The number of carbonyl (C=O) groups excluding carboxylic acids is 4. The summed E-state index contributed by atoms with van der Waals surface area (Å²) in [5, 5.41) is 21.7. The van der Waals surface area contributed by atoms with Crippen molar-refractivity contribution in [1.82, 2.24) is 36.0 Å². The van der Waals surface area contributed by atoms with E-state index >= 15 is 4.79 Å². The van der Waals surface area contributed by atoms with Gasteiger partial charge in [-0.25, -0.2) is 0 Å². The molecule has 2 spiro atoms. The first-order chi connectivity index (χ1) is 26.8. The van der Waals surface area contributed by atoms with E-state index < -0.39 is 35.5 Å². The van der Waals surface area contributed by atoms with Crippen molar-refractivity contribution in [3.63, 3.8) is 0 Å². The molecule has 12 nitrogen and oxygen atoms in total. The SMILES string of the molecule is C=C(NC(C(=O)N[C@H](C(=O)N1C[C@]2(C[C@H]1C(=O)N[C@@H](CCC)C(=N)C(=O)NC1CC1)C(C)(C)C21CCC1)C(C)(C)C)C1CCCCC1)[C@@H]1CN(C)CCN1C(C)C. The number of carbonyl (C=O) groups is 4. The fraction of sp³-hybridized carbons (Fsp3) is 0.844. The van der Waals surface area contributed by atoms with E-state index in [1.54, 1.807) is 4.90 Å². The second-order valence-corrected chi connectivity index (χ2v) is 20.8. The second kappa shape index (κ2) is 16.6. The third kappa shape index (κ3) is 8.29. The molecule has 57 heavy (non-hydrogen) atoms. The normalized spacial score (nSPS) is 29.0. The van der Waals surface area contributed by atoms with Crippen molar-refractivity contribution in [3.05, 3.63) is 12.3 Å². The molecule has 1 unspecified atom stereocenters. The predicted molar refractivity (Wildman–Crippen MR) is 225 cm³/mol. The van der Waals surface area contributed by atoms with E-state index in [2.05, 4.69) is 72.4 Å². The minimum atomic E-state index is -0.877. The van der Waals surface area contributed by atoms with E-state index in [4.69, 9.17) is 5.41 Å². The lowest BCUT2D eigenvalue weighted by Gasteiger charge is -2.44. The van der Waals surface area contributed by atoms with Gasteiger partial charge in [0.25, 0.3) is 5.91 Å². The molecule has 6 aliphatic rings. The van der Waals surface area contributed by atoms with Gasteiger partial charge < -0.3 is 31.1 Å². The number of hydrogen-bond acceptors (Lipinski definition) is 8. The third-order valence-corrected chi connectivity index (χ3v) is 15.6. The minimum Gasteiger partial charge on any atom is -0.376 e. The Balaban J connectivity index is 1.26. The molecule has 0 bridgehead atoms. The minimum absolute atomic E-state index is 0.0423. The topological polar surface area (TPSA) is 150 Å². The van der Waals surface area contributed by atoms with Crippen molar-refractivity contribution < 1.29 is 19.2 Å². The van der Waals surface area contributed by atoms with Crippen LogP contribution in [0, 0.1) is 33.0 Å². The maximum absolute atomic E-state index is 15.3. The van der Waals surface area contributed by atoms with Crippen molar-refractivity contribution >= 4 is 29.3 Å². The van der Waals surface area contributed by atoms with Gasteiger partial charge in [0, 0.05) is 49.4 Å². The first kappa shape index (κ1) is 43.6. The lowest BCUT2D eigenvalue weighted by Crippen LogP contribution is -2.62. The lowest BCUT2D eigenvalue weighted by molar-refractivity contribution is -0.144. The first-order valence-corrected chi connectivity index (χ1v) is 22.5. The number of rotatable bonds is 15. The highest BCUT2D eigenvalue weighted by molar-refractivity contribution is 6.40. The molecule has 2 aliphatic heterocycles. The highest BCUT2D eigenvalue weighted by atomic mass is 16.2. The molecular weight excluding hydrogens is 717 g/mol. The molecule has 5 N–H and O–H groups in total. The molecule has 0 aromatic carbocycles. The Kier molecular flexibility index (Phi) is 12.7. The van der Waals surface area contributed by atoms with Gasteiger partial charge in [0.05, 0.1) is 12.1 Å². The van der Waals surface area contributed by atoms with E-state index in [1.165, 1.54) is 0 Å². The monoisotopic (exact) mass is 793 g/mol. The predicted octanol–water partition coefficient (Wildman–Crippen LogP) is 4.97. The molecule has 320 valence electrons. The average Bonchev–Trinajstić information content (AvgIpc) is 3.96. The summed E-state index contributed by atoms with van der Waals surface area (Å²) in [4.78, 5) is 64.2. The van der Waals surface area contributed by atoms with Crippen LogP contribution in [0.4, 0.5) is 0 Å². The van der Waals surface area contributed by atoms with E-state index in [9.17, 15) is 14.4 Å². The summed E-state index contributed by atoms with van der Waals surface area (Å²) in [5.41, 5.74) is -0.111. The highest BCUT2D eigenvalue weighted by Gasteiger charge is 2.85. The molecule has 2 saturated heterocycles. The number of likely N-dealkylation sites (N-methyl/N-ethyl adjacent to an activating group) is 1. The molecule has 4 amide bonds. The third-order valence-electron chi connectivity index (χ3n) is 15.6. The largest absolute Gasteiger partial charge is 0.376 e. The molecular formula is C45H76N8O4. The van der Waals surface area contributed by atoms with Gasteiger partial charge in [-0.2, -0.15) is 0 Å². The molecule has 6 fully saturated rings. The van der Waals surface area contributed by atoms with Crippen molar-refractivity contribution in [3.8, 4) is 0 Å². The summed E-state index contributed by atoms with van der Waals surface area (Å²) in [6.45, 7) is 24.7. The summed E-state index contributed by atoms with van der Waals surface area (Å²) in [7, 11) is 2.13. The first-order valence-electron chi connectivity index (χ1n) is 22.5. The summed E-state index contributed by atoms with van der Waals surface area (Å²) >= 11 is 0. The summed E-state index contributed by atoms with van der Waals surface area (Å²) in [6.07, 6.45) is 12.0. The van der Waals surface area contributed by atoms with Gasteiger partial charge in [-0.05, 0) is 94.4 Å². The van der Waals surface area contributed by atoms with Gasteiger partial charge in [0.15, 0.2) is 0 Å². The Hall–Kier alpha value is -2.99. The number of hydrogen-bond donors (Lipinski definition) is 5. The molecule has 0 aromatic heterocycles. The van der Waals surface area contributed by atoms with Crippen LogP contribution >= 0.6 is 0 Å². The lowest BCUT2D eigenvalue weighted by atomic mass is 9.73. The molecule has 6 atom stereocenters. The van der Waals surface area contributed by atoms with Gasteiger partial charge in [-0.3, -0.25) is 29.5 Å². The van der Waals surface area contributed by atoms with Crippen LogP contribution in [0.1, 0.15) is 139 Å². The van der Waals surface area contributed by atoms with Crippen molar-refractivity contribution in [1.29, 1.82) is 5.41 Å². The number of likely N-dealkylation sites (tertiary alicyclic amines) is 1. The Morgan fingerprint density at radius 3 is 2.11 bits per heavy atom. The van der Waals surface area contributed by atoms with Crippen LogP contribution in [0.25, 0.3) is 0 Å². The zero-order chi connectivity index (χ0) is 41.7. The van der Waals surface area contributed by atoms with E-state index in [1.807, 2.05) is 27.7 Å². The van der Waals surface area contributed by atoms with Crippen LogP contribution in [0.2, 0.25) is 0 Å². The number of nitrogens with one attached hydrogen (secondary N) is 5. The Labute approximate surface area is 343 Å². The van der Waals surface area contributed by atoms with Crippen LogP contribution in [-0.2, 0) is 19.2 Å². The van der Waals surface area contributed by atoms with Gasteiger partial charge >= 0.3 is 0 Å². The molecule has 4 saturated carbocycles. The van der Waals surface area contributed by atoms with Crippen LogP contribution in [-0.4, -0.2) is 120 Å². The second-order valence-electron chi connectivity index (χ2n) is 20.8. The van der Waals surface area contributed by atoms with Crippen LogP contribution in [0.15, 0.2) is 12.3 Å². The quantitative estimate of drug-likeness (QED) is 0.147. The van der Waals surface area contributed by atoms with Crippen LogP contribution < -0.4 is 21.3 Å². The summed E-state index contributed by atoms with van der Waals surface area (Å²) < 4.78 is 0. The summed E-state index contributed by atoms with van der Waals surface area (Å²) in [6, 6.07) is -2.44. The molecule has 0 aromatic rings. The fourth-order valence-electron chi connectivity index (χ4n) is 11.6. The highest BCUT2D eigenvalue weighted by Crippen LogP contribution is 2.88. The molecule has 6 rings (SSSR count). The Morgan fingerprint density at radius 1 is 0.895 bits per heavy atom. The molecule has 0 radical (unpaired) electrons.